The molecule has 1 aliphatic heterocycles. The summed E-state index contributed by atoms with van der Waals surface area (Å²) < 4.78 is 52.5. The minimum absolute atomic E-state index is 0. The molecule has 0 unspecified atom stereocenters. The topological polar surface area (TPSA) is 15.3 Å². The predicted molar refractivity (Wildman–Crippen MR) is 117 cm³/mol. The molecule has 1 saturated heterocycles. The van der Waals surface area contributed by atoms with Crippen LogP contribution in [-0.4, -0.2) is 30.1 Å². The Labute approximate surface area is 180 Å². The van der Waals surface area contributed by atoms with E-state index in [0.717, 1.165) is 38.1 Å². The summed E-state index contributed by atoms with van der Waals surface area (Å²) in [6.07, 6.45) is -2.65. The lowest BCUT2D eigenvalue weighted by molar-refractivity contribution is -0.140. The molecule has 1 fully saturated rings. The van der Waals surface area contributed by atoms with Crippen LogP contribution < -0.4 is 5.32 Å². The van der Waals surface area contributed by atoms with Gasteiger partial charge in [-0.05, 0) is 42.4 Å². The van der Waals surface area contributed by atoms with Crippen molar-refractivity contribution in [3.05, 3.63) is 35.1 Å². The van der Waals surface area contributed by atoms with Gasteiger partial charge in [0.2, 0.25) is 0 Å². The minimum atomic E-state index is -4.67. The minimum Gasteiger partial charge on any atom is -0.311 e. The van der Waals surface area contributed by atoms with Gasteiger partial charge in [-0.3, -0.25) is 4.90 Å². The van der Waals surface area contributed by atoms with E-state index in [1.165, 1.54) is 6.07 Å². The van der Waals surface area contributed by atoms with Gasteiger partial charge >= 0.3 is 6.18 Å². The number of halogens is 4. The fraction of sp³-hybridized carbons (Fsp3) is 0.700. The van der Waals surface area contributed by atoms with Crippen molar-refractivity contribution < 1.29 is 17.6 Å². The molecule has 8 heteroatoms. The molecule has 1 aliphatic rings. The van der Waals surface area contributed by atoms with Crippen molar-refractivity contribution in [3.8, 4) is 0 Å². The number of nitrogens with zero attached hydrogens (tertiary/aromatic N) is 1. The van der Waals surface area contributed by atoms with Gasteiger partial charge in [-0.25, -0.2) is 4.39 Å². The van der Waals surface area contributed by atoms with Gasteiger partial charge < -0.3 is 5.32 Å². The van der Waals surface area contributed by atoms with Gasteiger partial charge in [0.25, 0.3) is 0 Å². The van der Waals surface area contributed by atoms with E-state index in [2.05, 4.69) is 37.9 Å². The Morgan fingerprint density at radius 1 is 1.07 bits per heavy atom. The third-order valence-corrected chi connectivity index (χ3v) is 4.83. The van der Waals surface area contributed by atoms with Crippen LogP contribution in [-0.2, 0) is 12.7 Å². The third-order valence-electron chi connectivity index (χ3n) is 4.83. The first-order valence-corrected chi connectivity index (χ1v) is 9.39. The first-order chi connectivity index (χ1) is 12.1. The van der Waals surface area contributed by atoms with E-state index in [4.69, 9.17) is 0 Å². The molecule has 28 heavy (non-hydrogen) atoms. The molecular formula is C20H34F4N2S2. The maximum atomic E-state index is 13.6. The second-order valence-corrected chi connectivity index (χ2v) is 8.26. The van der Waals surface area contributed by atoms with Gasteiger partial charge in [-0.15, -0.1) is 0 Å². The molecule has 1 heterocycles. The molecule has 0 aliphatic carbocycles. The number of hydrogen-bond donors (Lipinski definition) is 1. The summed E-state index contributed by atoms with van der Waals surface area (Å²) >= 11 is 0. The summed E-state index contributed by atoms with van der Waals surface area (Å²) in [6.45, 7) is 10.7. The molecule has 0 amide bonds. The zero-order chi connectivity index (χ0) is 19.5. The number of benzene rings is 1. The van der Waals surface area contributed by atoms with Gasteiger partial charge in [0.15, 0.2) is 0 Å². The van der Waals surface area contributed by atoms with Gasteiger partial charge in [0.05, 0.1) is 5.56 Å². The maximum absolute atomic E-state index is 13.6. The molecule has 2 atom stereocenters. The van der Waals surface area contributed by atoms with Crippen LogP contribution in [0.2, 0.25) is 0 Å². The summed E-state index contributed by atoms with van der Waals surface area (Å²) in [6, 6.07) is 3.97. The Kier molecular flexibility index (Phi) is 11.5. The molecule has 0 spiro atoms. The molecule has 0 bridgehead atoms. The Bertz CT molecular complexity index is 594. The molecule has 2 rings (SSSR count). The van der Waals surface area contributed by atoms with E-state index in [0.29, 0.717) is 30.0 Å². The second kappa shape index (κ2) is 11.7. The van der Waals surface area contributed by atoms with Gasteiger partial charge in [-0.1, -0.05) is 33.8 Å². The van der Waals surface area contributed by atoms with E-state index in [1.807, 2.05) is 0 Å². The normalized spacial score (nSPS) is 20.8. The lowest BCUT2D eigenvalue weighted by atomic mass is 9.95. The van der Waals surface area contributed by atoms with Crippen LogP contribution in [0.4, 0.5) is 17.6 Å². The van der Waals surface area contributed by atoms with E-state index in [-0.39, 0.29) is 33.0 Å². The van der Waals surface area contributed by atoms with E-state index < -0.39 is 17.6 Å². The Balaban J connectivity index is 0.00000364. The highest BCUT2D eigenvalue weighted by atomic mass is 32.1. The van der Waals surface area contributed by atoms with Crippen LogP contribution in [0, 0.1) is 17.7 Å². The number of piperazine rings is 1. The monoisotopic (exact) mass is 442 g/mol. The number of hydrogen-bond acceptors (Lipinski definition) is 2. The van der Waals surface area contributed by atoms with Crippen LogP contribution >= 0.6 is 27.0 Å². The molecule has 0 radical (unpaired) electrons. The van der Waals surface area contributed by atoms with Gasteiger partial charge in [-0.2, -0.15) is 40.2 Å². The highest BCUT2D eigenvalue weighted by molar-refractivity contribution is 7.59. The smallest absolute Gasteiger partial charge is 0.311 e. The quantitative estimate of drug-likeness (QED) is 0.601. The number of rotatable bonds is 6. The zero-order valence-corrected chi connectivity index (χ0v) is 19.0. The molecule has 2 nitrogen and oxygen atoms in total. The lowest BCUT2D eigenvalue weighted by Crippen LogP contribution is -2.56. The van der Waals surface area contributed by atoms with Crippen molar-refractivity contribution in [2.75, 3.05) is 13.1 Å². The number of alkyl halides is 3. The Morgan fingerprint density at radius 2 is 1.68 bits per heavy atom. The van der Waals surface area contributed by atoms with Crippen molar-refractivity contribution in [1.29, 1.82) is 0 Å². The fourth-order valence-electron chi connectivity index (χ4n) is 3.75. The molecule has 1 aromatic rings. The van der Waals surface area contributed by atoms with Crippen molar-refractivity contribution in [1.82, 2.24) is 10.2 Å². The standard InChI is InChI=1S/C20H30F4N2.2H2S/c1-13(2)7-16-12-26(17(10-25-16)8-14(3)4)11-15-5-6-19(21)18(9-15)20(22,23)24;;/h5-6,9,13-14,16-17,25H,7-8,10-12H2,1-4H3;2*1H2/t16-,17-;;/m0../s1. The summed E-state index contributed by atoms with van der Waals surface area (Å²) in [5.41, 5.74) is -0.665. The Hall–Kier alpha value is -0.440. The highest BCUT2D eigenvalue weighted by Crippen LogP contribution is 2.32. The maximum Gasteiger partial charge on any atom is 0.419 e. The molecule has 1 N–H and O–H groups in total. The van der Waals surface area contributed by atoms with Crippen LogP contribution in [0.15, 0.2) is 18.2 Å². The summed E-state index contributed by atoms with van der Waals surface area (Å²) in [4.78, 5) is 2.26. The predicted octanol–water partition coefficient (Wildman–Crippen LogP) is 5.30. The van der Waals surface area contributed by atoms with Crippen molar-refractivity contribution >= 4 is 27.0 Å². The van der Waals surface area contributed by atoms with Crippen molar-refractivity contribution in [2.45, 2.75) is 65.3 Å². The molecular weight excluding hydrogens is 408 g/mol. The summed E-state index contributed by atoms with van der Waals surface area (Å²) in [5.74, 6) is -0.151. The largest absolute Gasteiger partial charge is 0.419 e. The van der Waals surface area contributed by atoms with Crippen molar-refractivity contribution in [2.24, 2.45) is 11.8 Å². The molecule has 164 valence electrons. The van der Waals surface area contributed by atoms with Crippen molar-refractivity contribution in [3.63, 3.8) is 0 Å². The van der Waals surface area contributed by atoms with Crippen LogP contribution in [0.3, 0.4) is 0 Å². The lowest BCUT2D eigenvalue weighted by Gasteiger charge is -2.42. The average Bonchev–Trinajstić information content (AvgIpc) is 2.49. The molecule has 1 aromatic carbocycles. The Morgan fingerprint density at radius 3 is 2.21 bits per heavy atom. The van der Waals surface area contributed by atoms with E-state index in [1.54, 1.807) is 0 Å². The van der Waals surface area contributed by atoms with Crippen LogP contribution in [0.5, 0.6) is 0 Å². The third kappa shape index (κ3) is 8.13. The van der Waals surface area contributed by atoms with Gasteiger partial charge in [0, 0.05) is 31.7 Å². The first kappa shape index (κ1) is 27.6. The summed E-state index contributed by atoms with van der Waals surface area (Å²) in [5, 5.41) is 3.58. The second-order valence-electron chi connectivity index (χ2n) is 8.26. The van der Waals surface area contributed by atoms with Crippen LogP contribution in [0.1, 0.15) is 51.7 Å². The molecule has 0 saturated carbocycles. The zero-order valence-electron chi connectivity index (χ0n) is 17.0. The van der Waals surface area contributed by atoms with Crippen LogP contribution in [0.25, 0.3) is 0 Å². The fourth-order valence-corrected chi connectivity index (χ4v) is 3.75. The van der Waals surface area contributed by atoms with Gasteiger partial charge in [0.1, 0.15) is 5.82 Å². The molecule has 0 aromatic heterocycles. The summed E-state index contributed by atoms with van der Waals surface area (Å²) in [7, 11) is 0. The first-order valence-electron chi connectivity index (χ1n) is 9.39. The highest BCUT2D eigenvalue weighted by Gasteiger charge is 2.35. The average molecular weight is 443 g/mol. The van der Waals surface area contributed by atoms with E-state index >= 15 is 0 Å². The SMILES string of the molecule is CC(C)C[C@H]1CN(Cc2ccc(F)c(C(F)(F)F)c2)[C@@H](CC(C)C)CN1.S.S. The van der Waals surface area contributed by atoms with E-state index in [9.17, 15) is 17.6 Å². The number of nitrogens with one attached hydrogen (secondary N) is 1.